The van der Waals surface area contributed by atoms with E-state index in [-0.39, 0.29) is 11.6 Å². The Hall–Kier alpha value is -1.95. The summed E-state index contributed by atoms with van der Waals surface area (Å²) in [6, 6.07) is 2.59. The predicted molar refractivity (Wildman–Crippen MR) is 87.2 cm³/mol. The molecular formula is C17H23N5O. The van der Waals surface area contributed by atoms with E-state index >= 15 is 0 Å². The van der Waals surface area contributed by atoms with Gasteiger partial charge in [0.15, 0.2) is 0 Å². The van der Waals surface area contributed by atoms with Crippen molar-refractivity contribution in [3.8, 4) is 0 Å². The molecule has 2 heterocycles. The molecule has 2 N–H and O–H groups in total. The molecule has 6 heteroatoms. The molecule has 2 aliphatic rings. The summed E-state index contributed by atoms with van der Waals surface area (Å²) in [4.78, 5) is 19.5. The first kappa shape index (κ1) is 14.6. The van der Waals surface area contributed by atoms with E-state index in [2.05, 4.69) is 20.4 Å². The van der Waals surface area contributed by atoms with Gasteiger partial charge < -0.3 is 10.3 Å². The minimum absolute atomic E-state index is 0.0829. The molecule has 2 aromatic heterocycles. The highest BCUT2D eigenvalue weighted by atomic mass is 16.1. The first-order chi connectivity index (χ1) is 11.3. The standard InChI is InChI=1S/C17H23N5O/c23-17-8-12-2-1-3-16(12)21-22(17)15-6-4-13(5-7-15)19-10-14-9-18-11-20-14/h8-9,11,13,15,19H,1-7,10H2,(H,18,20). The summed E-state index contributed by atoms with van der Waals surface area (Å²) in [6.07, 6.45) is 11.0. The van der Waals surface area contributed by atoms with Gasteiger partial charge in [0, 0.05) is 30.5 Å². The second-order valence-corrected chi connectivity index (χ2v) is 6.72. The number of hydrogen-bond donors (Lipinski definition) is 2. The fraction of sp³-hybridized carbons (Fsp3) is 0.588. The summed E-state index contributed by atoms with van der Waals surface area (Å²) >= 11 is 0. The van der Waals surface area contributed by atoms with Gasteiger partial charge in [0.25, 0.3) is 5.56 Å². The van der Waals surface area contributed by atoms with Crippen molar-refractivity contribution in [2.45, 2.75) is 63.6 Å². The Morgan fingerprint density at radius 2 is 2.13 bits per heavy atom. The molecule has 0 amide bonds. The highest BCUT2D eigenvalue weighted by Gasteiger charge is 2.25. The van der Waals surface area contributed by atoms with Gasteiger partial charge in [-0.2, -0.15) is 5.10 Å². The molecule has 1 fully saturated rings. The van der Waals surface area contributed by atoms with Crippen LogP contribution in [0, 0.1) is 0 Å². The van der Waals surface area contributed by atoms with Gasteiger partial charge in [-0.15, -0.1) is 0 Å². The normalized spacial score (nSPS) is 23.8. The van der Waals surface area contributed by atoms with E-state index in [4.69, 9.17) is 0 Å². The lowest BCUT2D eigenvalue weighted by Crippen LogP contribution is -2.36. The van der Waals surface area contributed by atoms with Gasteiger partial charge in [0.05, 0.1) is 18.1 Å². The summed E-state index contributed by atoms with van der Waals surface area (Å²) in [7, 11) is 0. The SMILES string of the molecule is O=c1cc2c(nn1C1CCC(NCc3cnc[nH]3)CC1)CCC2. The molecule has 1 saturated carbocycles. The molecule has 0 unspecified atom stereocenters. The number of aryl methyl sites for hydroxylation is 2. The Labute approximate surface area is 135 Å². The van der Waals surface area contributed by atoms with E-state index in [0.29, 0.717) is 6.04 Å². The highest BCUT2D eigenvalue weighted by Crippen LogP contribution is 2.28. The molecule has 0 aliphatic heterocycles. The fourth-order valence-electron chi connectivity index (χ4n) is 3.84. The number of rotatable bonds is 4. The van der Waals surface area contributed by atoms with E-state index in [9.17, 15) is 4.79 Å². The summed E-state index contributed by atoms with van der Waals surface area (Å²) in [5, 5.41) is 8.23. The molecule has 23 heavy (non-hydrogen) atoms. The summed E-state index contributed by atoms with van der Waals surface area (Å²) in [6.45, 7) is 0.826. The van der Waals surface area contributed by atoms with Gasteiger partial charge in [-0.3, -0.25) is 4.79 Å². The zero-order chi connectivity index (χ0) is 15.6. The molecular weight excluding hydrogens is 290 g/mol. The third-order valence-electron chi connectivity index (χ3n) is 5.16. The quantitative estimate of drug-likeness (QED) is 0.901. The number of nitrogens with zero attached hydrogens (tertiary/aromatic N) is 3. The Balaban J connectivity index is 1.37. The minimum Gasteiger partial charge on any atom is -0.347 e. The molecule has 0 aromatic carbocycles. The summed E-state index contributed by atoms with van der Waals surface area (Å²) in [5.74, 6) is 0. The average molecular weight is 313 g/mol. The lowest BCUT2D eigenvalue weighted by molar-refractivity contribution is 0.267. The topological polar surface area (TPSA) is 75.6 Å². The van der Waals surface area contributed by atoms with Gasteiger partial charge >= 0.3 is 0 Å². The highest BCUT2D eigenvalue weighted by molar-refractivity contribution is 5.22. The van der Waals surface area contributed by atoms with E-state index in [1.54, 1.807) is 11.0 Å². The van der Waals surface area contributed by atoms with Gasteiger partial charge in [-0.05, 0) is 50.5 Å². The fourth-order valence-corrected chi connectivity index (χ4v) is 3.84. The van der Waals surface area contributed by atoms with Gasteiger partial charge in [0.1, 0.15) is 0 Å². The van der Waals surface area contributed by atoms with Crippen LogP contribution in [0.2, 0.25) is 0 Å². The predicted octanol–water partition coefficient (Wildman–Crippen LogP) is 1.73. The number of hydrogen-bond acceptors (Lipinski definition) is 4. The maximum Gasteiger partial charge on any atom is 0.267 e. The average Bonchev–Trinajstić information content (AvgIpc) is 3.24. The second-order valence-electron chi connectivity index (χ2n) is 6.72. The van der Waals surface area contributed by atoms with Crippen molar-refractivity contribution in [2.75, 3.05) is 0 Å². The van der Waals surface area contributed by atoms with E-state index < -0.39 is 0 Å². The zero-order valence-corrected chi connectivity index (χ0v) is 13.3. The summed E-state index contributed by atoms with van der Waals surface area (Å²) in [5.41, 5.74) is 3.51. The minimum atomic E-state index is 0.0829. The third-order valence-corrected chi connectivity index (χ3v) is 5.16. The Kier molecular flexibility index (Phi) is 3.99. The first-order valence-electron chi connectivity index (χ1n) is 8.62. The smallest absolute Gasteiger partial charge is 0.267 e. The van der Waals surface area contributed by atoms with Crippen molar-refractivity contribution >= 4 is 0 Å². The Morgan fingerprint density at radius 1 is 1.26 bits per heavy atom. The van der Waals surface area contributed by atoms with Crippen LogP contribution in [0.3, 0.4) is 0 Å². The number of fused-ring (bicyclic) bond motifs is 1. The molecule has 122 valence electrons. The van der Waals surface area contributed by atoms with Crippen LogP contribution in [0.15, 0.2) is 23.4 Å². The monoisotopic (exact) mass is 313 g/mol. The Morgan fingerprint density at radius 3 is 2.91 bits per heavy atom. The van der Waals surface area contributed by atoms with Gasteiger partial charge in [-0.25, -0.2) is 9.67 Å². The van der Waals surface area contributed by atoms with Crippen molar-refractivity contribution < 1.29 is 0 Å². The maximum absolute atomic E-state index is 12.3. The Bertz CT molecular complexity index is 713. The van der Waals surface area contributed by atoms with Crippen LogP contribution >= 0.6 is 0 Å². The molecule has 0 spiro atoms. The summed E-state index contributed by atoms with van der Waals surface area (Å²) < 4.78 is 1.76. The molecule has 6 nitrogen and oxygen atoms in total. The number of imidazole rings is 1. The van der Waals surface area contributed by atoms with Crippen molar-refractivity contribution in [1.82, 2.24) is 25.1 Å². The van der Waals surface area contributed by atoms with Crippen molar-refractivity contribution in [3.63, 3.8) is 0 Å². The third kappa shape index (κ3) is 3.08. The number of aromatic amines is 1. The van der Waals surface area contributed by atoms with Crippen molar-refractivity contribution in [2.24, 2.45) is 0 Å². The van der Waals surface area contributed by atoms with E-state index in [0.717, 1.165) is 62.9 Å². The van der Waals surface area contributed by atoms with Crippen LogP contribution in [-0.2, 0) is 19.4 Å². The van der Waals surface area contributed by atoms with Crippen molar-refractivity contribution in [3.05, 3.63) is 45.9 Å². The maximum atomic E-state index is 12.3. The number of aromatic nitrogens is 4. The molecule has 0 radical (unpaired) electrons. The van der Waals surface area contributed by atoms with Gasteiger partial charge in [-0.1, -0.05) is 0 Å². The van der Waals surface area contributed by atoms with Gasteiger partial charge in [0.2, 0.25) is 0 Å². The molecule has 2 aromatic rings. The zero-order valence-electron chi connectivity index (χ0n) is 13.3. The largest absolute Gasteiger partial charge is 0.347 e. The molecule has 0 atom stereocenters. The molecule has 0 bridgehead atoms. The van der Waals surface area contributed by atoms with Crippen LogP contribution in [0.4, 0.5) is 0 Å². The van der Waals surface area contributed by atoms with Crippen molar-refractivity contribution in [1.29, 1.82) is 0 Å². The molecule has 4 rings (SSSR count). The van der Waals surface area contributed by atoms with Crippen LogP contribution < -0.4 is 10.9 Å². The molecule has 0 saturated heterocycles. The first-order valence-corrected chi connectivity index (χ1v) is 8.62. The van der Waals surface area contributed by atoms with E-state index in [1.165, 1.54) is 5.56 Å². The molecule has 2 aliphatic carbocycles. The number of nitrogens with one attached hydrogen (secondary N) is 2. The lowest BCUT2D eigenvalue weighted by atomic mass is 9.91. The lowest BCUT2D eigenvalue weighted by Gasteiger charge is -2.29. The number of H-pyrrole nitrogens is 1. The van der Waals surface area contributed by atoms with Crippen LogP contribution in [-0.4, -0.2) is 25.8 Å². The van der Waals surface area contributed by atoms with Crippen LogP contribution in [0.25, 0.3) is 0 Å². The van der Waals surface area contributed by atoms with Crippen LogP contribution in [0.5, 0.6) is 0 Å². The van der Waals surface area contributed by atoms with Crippen LogP contribution in [0.1, 0.15) is 55.1 Å². The second kappa shape index (κ2) is 6.28. The van der Waals surface area contributed by atoms with E-state index in [1.807, 2.05) is 12.3 Å².